The molecule has 0 aliphatic rings. The third kappa shape index (κ3) is 13.3. The second kappa shape index (κ2) is 23.2. The van der Waals surface area contributed by atoms with Crippen molar-refractivity contribution in [3.05, 3.63) is 84.9 Å². The van der Waals surface area contributed by atoms with E-state index in [0.717, 1.165) is 13.1 Å². The number of nitrogens with one attached hydrogen (secondary N) is 2. The zero-order valence-corrected chi connectivity index (χ0v) is 30.6. The number of rotatable bonds is 26. The highest BCUT2D eigenvalue weighted by molar-refractivity contribution is 5.93. The van der Waals surface area contributed by atoms with Gasteiger partial charge in [-0.1, -0.05) is 190 Å². The van der Waals surface area contributed by atoms with Crippen LogP contribution in [-0.4, -0.2) is 13.1 Å². The predicted molar refractivity (Wildman–Crippen MR) is 215 cm³/mol. The molecule has 2 N–H and O–H groups in total. The largest absolute Gasteiger partial charge is 0.385 e. The zero-order valence-electron chi connectivity index (χ0n) is 30.6. The lowest BCUT2D eigenvalue weighted by atomic mass is 9.96. The van der Waals surface area contributed by atoms with Gasteiger partial charge < -0.3 is 10.6 Å². The molecule has 0 saturated heterocycles. The molecule has 0 aliphatic carbocycles. The second-order valence-corrected chi connectivity index (χ2v) is 14.1. The van der Waals surface area contributed by atoms with Gasteiger partial charge in [-0.15, -0.1) is 0 Å². The van der Waals surface area contributed by atoms with E-state index < -0.39 is 0 Å². The molecule has 0 aliphatic heterocycles. The molecule has 4 aromatic rings. The van der Waals surface area contributed by atoms with Crippen LogP contribution in [0.15, 0.2) is 84.9 Å². The zero-order chi connectivity index (χ0) is 33.5. The highest BCUT2D eigenvalue weighted by atomic mass is 14.9. The summed E-state index contributed by atoms with van der Waals surface area (Å²) >= 11 is 0. The van der Waals surface area contributed by atoms with Crippen LogP contribution in [0.3, 0.4) is 0 Å². The number of anilines is 2. The first-order valence-electron chi connectivity index (χ1n) is 20.0. The van der Waals surface area contributed by atoms with Crippen LogP contribution in [0.2, 0.25) is 0 Å². The number of para-hydroxylation sites is 2. The van der Waals surface area contributed by atoms with Crippen LogP contribution < -0.4 is 10.6 Å². The maximum Gasteiger partial charge on any atom is 0.0419 e. The molecule has 2 nitrogen and oxygen atoms in total. The average Bonchev–Trinajstić information content (AvgIpc) is 3.13. The lowest BCUT2D eigenvalue weighted by Crippen LogP contribution is -2.03. The minimum atomic E-state index is 1.04. The van der Waals surface area contributed by atoms with Crippen molar-refractivity contribution in [3.8, 4) is 22.3 Å². The van der Waals surface area contributed by atoms with Gasteiger partial charge in [0.25, 0.3) is 0 Å². The van der Waals surface area contributed by atoms with Gasteiger partial charge in [-0.25, -0.2) is 0 Å². The monoisotopic (exact) mass is 647 g/mol. The quantitative estimate of drug-likeness (QED) is 0.0663. The third-order valence-corrected chi connectivity index (χ3v) is 10.0. The first-order valence-corrected chi connectivity index (χ1v) is 20.0. The number of fused-ring (bicyclic) bond motifs is 1. The van der Waals surface area contributed by atoms with Crippen molar-refractivity contribution < 1.29 is 0 Å². The van der Waals surface area contributed by atoms with E-state index >= 15 is 0 Å². The fourth-order valence-corrected chi connectivity index (χ4v) is 7.03. The van der Waals surface area contributed by atoms with Gasteiger partial charge in [0.2, 0.25) is 0 Å². The van der Waals surface area contributed by atoms with E-state index in [9.17, 15) is 0 Å². The molecule has 2 heteroatoms. The normalized spacial score (nSPS) is 11.3. The topological polar surface area (TPSA) is 24.1 Å². The summed E-state index contributed by atoms with van der Waals surface area (Å²) in [6.07, 6.45) is 27.5. The van der Waals surface area contributed by atoms with Gasteiger partial charge >= 0.3 is 0 Å². The lowest BCUT2D eigenvalue weighted by molar-refractivity contribution is 0.560. The molecule has 260 valence electrons. The summed E-state index contributed by atoms with van der Waals surface area (Å²) in [5.41, 5.74) is 7.62. The van der Waals surface area contributed by atoms with Crippen LogP contribution in [0.1, 0.15) is 142 Å². The van der Waals surface area contributed by atoms with Crippen molar-refractivity contribution in [2.45, 2.75) is 142 Å². The molecule has 0 aromatic heterocycles. The van der Waals surface area contributed by atoms with Gasteiger partial charge in [-0.2, -0.15) is 0 Å². The second-order valence-electron chi connectivity index (χ2n) is 14.1. The Kier molecular flexibility index (Phi) is 18.1. The lowest BCUT2D eigenvalue weighted by Gasteiger charge is -2.14. The van der Waals surface area contributed by atoms with Crippen LogP contribution in [0.25, 0.3) is 33.0 Å². The number of hydrogen-bond acceptors (Lipinski definition) is 2. The molecule has 0 atom stereocenters. The summed E-state index contributed by atoms with van der Waals surface area (Å²) in [7, 11) is 0. The number of unbranched alkanes of at least 4 members (excludes halogenated alkanes) is 18. The molecule has 0 heterocycles. The van der Waals surface area contributed by atoms with E-state index in [4.69, 9.17) is 0 Å². The molecule has 48 heavy (non-hydrogen) atoms. The Hall–Kier alpha value is -3.26. The third-order valence-electron chi connectivity index (χ3n) is 10.0. The minimum Gasteiger partial charge on any atom is -0.385 e. The summed E-state index contributed by atoms with van der Waals surface area (Å²) in [4.78, 5) is 0. The Labute approximate surface area is 294 Å². The Morgan fingerprint density at radius 3 is 1.06 bits per heavy atom. The SMILES string of the molecule is CCCCCCCCCCCCNc1ccccc1-c1ccc2cc(-c3ccccc3NCCCCCCCCCCCC)ccc2c1. The van der Waals surface area contributed by atoms with Crippen molar-refractivity contribution in [1.29, 1.82) is 0 Å². The molecule has 0 fully saturated rings. The highest BCUT2D eigenvalue weighted by Gasteiger charge is 2.09. The summed E-state index contributed by atoms with van der Waals surface area (Å²) < 4.78 is 0. The molecular weight excluding hydrogens is 581 g/mol. The van der Waals surface area contributed by atoms with Gasteiger partial charge in [-0.3, -0.25) is 0 Å². The molecule has 0 unspecified atom stereocenters. The van der Waals surface area contributed by atoms with Crippen LogP contribution >= 0.6 is 0 Å². The van der Waals surface area contributed by atoms with Crippen LogP contribution in [0.4, 0.5) is 11.4 Å². The summed E-state index contributed by atoms with van der Waals surface area (Å²) in [5, 5.41) is 10.1. The predicted octanol–water partition coefficient (Wildman–Crippen LogP) is 14.8. The van der Waals surface area contributed by atoms with Gasteiger partial charge in [0.1, 0.15) is 0 Å². The molecule has 4 rings (SSSR count). The smallest absolute Gasteiger partial charge is 0.0419 e. The minimum absolute atomic E-state index is 1.04. The molecule has 4 aromatic carbocycles. The van der Waals surface area contributed by atoms with E-state index in [0.29, 0.717) is 0 Å². The van der Waals surface area contributed by atoms with Crippen molar-refractivity contribution in [1.82, 2.24) is 0 Å². The van der Waals surface area contributed by atoms with Gasteiger partial charge in [0.15, 0.2) is 0 Å². The van der Waals surface area contributed by atoms with Crippen molar-refractivity contribution in [2.75, 3.05) is 23.7 Å². The molecule has 0 amide bonds. The van der Waals surface area contributed by atoms with Crippen molar-refractivity contribution in [2.24, 2.45) is 0 Å². The Morgan fingerprint density at radius 2 is 0.688 bits per heavy atom. The fourth-order valence-electron chi connectivity index (χ4n) is 7.03. The van der Waals surface area contributed by atoms with Gasteiger partial charge in [0.05, 0.1) is 0 Å². The molecule has 0 radical (unpaired) electrons. The standard InChI is InChI=1S/C46H66N2/c1-3-5-7-9-11-13-15-17-19-25-35-47-45-29-23-21-27-43(45)41-33-31-40-38-42(34-32-39(40)37-41)44-28-22-24-30-46(44)48-36-26-20-18-16-14-12-10-8-6-4-2/h21-24,27-34,37-38,47-48H,3-20,25-26,35-36H2,1-2H3. The van der Waals surface area contributed by atoms with Crippen molar-refractivity contribution >= 4 is 22.1 Å². The molecule has 0 bridgehead atoms. The summed E-state index contributed by atoms with van der Waals surface area (Å²) in [5.74, 6) is 0. The van der Waals surface area contributed by atoms with E-state index in [1.54, 1.807) is 0 Å². The van der Waals surface area contributed by atoms with E-state index in [-0.39, 0.29) is 0 Å². The number of hydrogen-bond donors (Lipinski definition) is 2. The van der Waals surface area contributed by atoms with Gasteiger partial charge in [-0.05, 0) is 59.0 Å². The highest BCUT2D eigenvalue weighted by Crippen LogP contribution is 2.34. The average molecular weight is 647 g/mol. The van der Waals surface area contributed by atoms with Crippen LogP contribution in [0, 0.1) is 0 Å². The first-order chi connectivity index (χ1) is 23.8. The van der Waals surface area contributed by atoms with E-state index in [1.807, 2.05) is 0 Å². The number of benzene rings is 4. The molecule has 0 spiro atoms. The Bertz CT molecular complexity index is 1310. The Balaban J connectivity index is 1.25. The Morgan fingerprint density at radius 1 is 0.354 bits per heavy atom. The van der Waals surface area contributed by atoms with Gasteiger partial charge in [0, 0.05) is 35.6 Å². The van der Waals surface area contributed by atoms with E-state index in [2.05, 4.69) is 109 Å². The first kappa shape index (κ1) is 37.6. The fraction of sp³-hybridized carbons (Fsp3) is 0.522. The maximum atomic E-state index is 3.76. The van der Waals surface area contributed by atoms with Crippen molar-refractivity contribution in [3.63, 3.8) is 0 Å². The van der Waals surface area contributed by atoms with Crippen LogP contribution in [-0.2, 0) is 0 Å². The van der Waals surface area contributed by atoms with E-state index in [1.165, 1.54) is 173 Å². The maximum absolute atomic E-state index is 3.76. The van der Waals surface area contributed by atoms with Crippen LogP contribution in [0.5, 0.6) is 0 Å². The molecular formula is C46H66N2. The summed E-state index contributed by atoms with van der Waals surface area (Å²) in [6.45, 7) is 6.66. The summed E-state index contributed by atoms with van der Waals surface area (Å²) in [6, 6.07) is 31.5. The molecule has 0 saturated carbocycles.